The van der Waals surface area contributed by atoms with Crippen LogP contribution in [0.15, 0.2) is 35.2 Å². The molecule has 1 aromatic carbocycles. The highest BCUT2D eigenvalue weighted by Gasteiger charge is 2.15. The van der Waals surface area contributed by atoms with E-state index in [-0.39, 0.29) is 6.10 Å². The first-order valence-electron chi connectivity index (χ1n) is 7.60. The van der Waals surface area contributed by atoms with Gasteiger partial charge in [0.05, 0.1) is 25.4 Å². The molecule has 0 amide bonds. The number of hydrogen-bond donors (Lipinski definition) is 2. The first-order valence-corrected chi connectivity index (χ1v) is 8.59. The van der Waals surface area contributed by atoms with Gasteiger partial charge in [0.2, 0.25) is 0 Å². The maximum Gasteiger partial charge on any atom is 0.0897 e. The van der Waals surface area contributed by atoms with Crippen molar-refractivity contribution < 1.29 is 14.6 Å². The molecule has 1 saturated heterocycles. The molecular weight excluding hydrogens is 286 g/mol. The molecule has 2 unspecified atom stereocenters. The summed E-state index contributed by atoms with van der Waals surface area (Å²) in [5.74, 6) is 0.994. The average Bonchev–Trinajstić information content (AvgIpc) is 3.01. The Labute approximate surface area is 131 Å². The fourth-order valence-corrected chi connectivity index (χ4v) is 3.03. The van der Waals surface area contributed by atoms with Crippen molar-refractivity contribution in [3.05, 3.63) is 30.3 Å². The zero-order valence-electron chi connectivity index (χ0n) is 12.4. The van der Waals surface area contributed by atoms with Crippen molar-refractivity contribution in [1.29, 1.82) is 0 Å². The van der Waals surface area contributed by atoms with Gasteiger partial charge < -0.3 is 19.9 Å². The van der Waals surface area contributed by atoms with E-state index in [9.17, 15) is 5.11 Å². The third-order valence-corrected chi connectivity index (χ3v) is 4.32. The Kier molecular flexibility index (Phi) is 8.14. The van der Waals surface area contributed by atoms with Crippen molar-refractivity contribution in [3.8, 4) is 0 Å². The topological polar surface area (TPSA) is 50.7 Å². The zero-order chi connectivity index (χ0) is 14.8. The molecule has 1 fully saturated rings. The number of benzene rings is 1. The van der Waals surface area contributed by atoms with Crippen LogP contribution in [0.2, 0.25) is 0 Å². The summed E-state index contributed by atoms with van der Waals surface area (Å²) in [6, 6.07) is 10.3. The molecule has 0 aliphatic carbocycles. The highest BCUT2D eigenvalue weighted by molar-refractivity contribution is 7.99. The summed E-state index contributed by atoms with van der Waals surface area (Å²) in [5.41, 5.74) is 0. The molecule has 2 atom stereocenters. The van der Waals surface area contributed by atoms with Gasteiger partial charge in [-0.15, -0.1) is 11.8 Å². The van der Waals surface area contributed by atoms with Crippen LogP contribution in [-0.4, -0.2) is 56.0 Å². The van der Waals surface area contributed by atoms with Gasteiger partial charge >= 0.3 is 0 Å². The minimum absolute atomic E-state index is 0.229. The van der Waals surface area contributed by atoms with Gasteiger partial charge in [-0.1, -0.05) is 18.2 Å². The summed E-state index contributed by atoms with van der Waals surface area (Å²) in [5, 5.41) is 13.1. The minimum atomic E-state index is -0.451. The van der Waals surface area contributed by atoms with E-state index in [1.165, 1.54) is 4.90 Å². The van der Waals surface area contributed by atoms with E-state index in [0.29, 0.717) is 19.8 Å². The second-order valence-corrected chi connectivity index (χ2v) is 6.36. The number of aliphatic hydroxyl groups is 1. The highest BCUT2D eigenvalue weighted by Crippen LogP contribution is 2.15. The van der Waals surface area contributed by atoms with E-state index in [0.717, 1.165) is 31.7 Å². The summed E-state index contributed by atoms with van der Waals surface area (Å²) in [4.78, 5) is 1.28. The van der Waals surface area contributed by atoms with Crippen LogP contribution in [0.1, 0.15) is 12.8 Å². The van der Waals surface area contributed by atoms with E-state index in [1.807, 2.05) is 30.0 Å². The Hall–Kier alpha value is -0.590. The number of nitrogens with one attached hydrogen (secondary N) is 1. The van der Waals surface area contributed by atoms with Crippen LogP contribution in [0.3, 0.4) is 0 Å². The van der Waals surface area contributed by atoms with Crippen LogP contribution in [0.25, 0.3) is 0 Å². The van der Waals surface area contributed by atoms with Crippen molar-refractivity contribution in [1.82, 2.24) is 5.32 Å². The van der Waals surface area contributed by atoms with Gasteiger partial charge in [-0.2, -0.15) is 0 Å². The Morgan fingerprint density at radius 3 is 3.00 bits per heavy atom. The number of thioether (sulfide) groups is 1. The summed E-state index contributed by atoms with van der Waals surface area (Å²) >= 11 is 1.81. The first kappa shape index (κ1) is 16.8. The normalized spacial score (nSPS) is 19.8. The summed E-state index contributed by atoms with van der Waals surface area (Å²) in [6.07, 6.45) is 1.97. The van der Waals surface area contributed by atoms with Gasteiger partial charge in [0.25, 0.3) is 0 Å². The van der Waals surface area contributed by atoms with Crippen LogP contribution in [0.4, 0.5) is 0 Å². The standard InChI is InChI=1S/C16H25NO3S/c18-14(12-19-13-15-5-4-9-20-15)11-17-8-10-21-16-6-2-1-3-7-16/h1-3,6-7,14-15,17-18H,4-5,8-13H2. The molecule has 21 heavy (non-hydrogen) atoms. The maximum atomic E-state index is 9.80. The van der Waals surface area contributed by atoms with E-state index in [4.69, 9.17) is 9.47 Å². The molecule has 5 heteroatoms. The third-order valence-electron chi connectivity index (χ3n) is 3.31. The molecular formula is C16H25NO3S. The summed E-state index contributed by atoms with van der Waals surface area (Å²) in [7, 11) is 0. The lowest BCUT2D eigenvalue weighted by atomic mass is 10.2. The molecule has 0 spiro atoms. The zero-order valence-corrected chi connectivity index (χ0v) is 13.2. The van der Waals surface area contributed by atoms with Gasteiger partial charge in [-0.3, -0.25) is 0 Å². The van der Waals surface area contributed by atoms with E-state index in [1.54, 1.807) is 0 Å². The molecule has 4 nitrogen and oxygen atoms in total. The Morgan fingerprint density at radius 2 is 2.24 bits per heavy atom. The number of rotatable bonds is 10. The fourth-order valence-electron chi connectivity index (χ4n) is 2.20. The molecule has 0 saturated carbocycles. The molecule has 1 aliphatic rings. The van der Waals surface area contributed by atoms with E-state index in [2.05, 4.69) is 17.4 Å². The highest BCUT2D eigenvalue weighted by atomic mass is 32.2. The van der Waals surface area contributed by atoms with E-state index < -0.39 is 6.10 Å². The van der Waals surface area contributed by atoms with Crippen LogP contribution in [0.5, 0.6) is 0 Å². The van der Waals surface area contributed by atoms with Crippen LogP contribution in [0, 0.1) is 0 Å². The third kappa shape index (κ3) is 7.29. The lowest BCUT2D eigenvalue weighted by Gasteiger charge is -2.14. The average molecular weight is 311 g/mol. The number of aliphatic hydroxyl groups excluding tert-OH is 1. The molecule has 1 aliphatic heterocycles. The molecule has 2 N–H and O–H groups in total. The molecule has 2 rings (SSSR count). The Bertz CT molecular complexity index is 371. The monoisotopic (exact) mass is 311 g/mol. The first-order chi connectivity index (χ1) is 10.3. The van der Waals surface area contributed by atoms with Gasteiger partial charge in [-0.05, 0) is 25.0 Å². The quantitative estimate of drug-likeness (QED) is 0.511. The molecule has 118 valence electrons. The molecule has 0 radical (unpaired) electrons. The molecule has 1 heterocycles. The molecule has 0 aromatic heterocycles. The van der Waals surface area contributed by atoms with Gasteiger partial charge in [0.15, 0.2) is 0 Å². The maximum absolute atomic E-state index is 9.80. The number of hydrogen-bond acceptors (Lipinski definition) is 5. The van der Waals surface area contributed by atoms with Crippen molar-refractivity contribution in [2.45, 2.75) is 29.9 Å². The summed E-state index contributed by atoms with van der Waals surface area (Å²) < 4.78 is 11.0. The largest absolute Gasteiger partial charge is 0.389 e. The van der Waals surface area contributed by atoms with Crippen molar-refractivity contribution in [3.63, 3.8) is 0 Å². The predicted octanol–water partition coefficient (Wildman–Crippen LogP) is 1.92. The SMILES string of the molecule is OC(CNCCSc1ccccc1)COCC1CCCO1. The Balaban J connectivity index is 1.42. The van der Waals surface area contributed by atoms with Crippen molar-refractivity contribution >= 4 is 11.8 Å². The van der Waals surface area contributed by atoms with Gasteiger partial charge in [-0.25, -0.2) is 0 Å². The Morgan fingerprint density at radius 1 is 1.38 bits per heavy atom. The predicted molar refractivity (Wildman–Crippen MR) is 85.8 cm³/mol. The summed E-state index contributed by atoms with van der Waals surface area (Å²) in [6.45, 7) is 3.26. The molecule has 0 bridgehead atoms. The lowest BCUT2D eigenvalue weighted by Crippen LogP contribution is -2.32. The van der Waals surface area contributed by atoms with Crippen LogP contribution in [-0.2, 0) is 9.47 Å². The van der Waals surface area contributed by atoms with E-state index >= 15 is 0 Å². The minimum Gasteiger partial charge on any atom is -0.389 e. The smallest absolute Gasteiger partial charge is 0.0897 e. The van der Waals surface area contributed by atoms with Gasteiger partial charge in [0.1, 0.15) is 0 Å². The fraction of sp³-hybridized carbons (Fsp3) is 0.625. The van der Waals surface area contributed by atoms with Gasteiger partial charge in [0, 0.05) is 30.3 Å². The second kappa shape index (κ2) is 10.2. The second-order valence-electron chi connectivity index (χ2n) is 5.19. The lowest BCUT2D eigenvalue weighted by molar-refractivity contribution is -0.0162. The van der Waals surface area contributed by atoms with Crippen LogP contribution >= 0.6 is 11.8 Å². The van der Waals surface area contributed by atoms with Crippen molar-refractivity contribution in [2.75, 3.05) is 38.7 Å². The van der Waals surface area contributed by atoms with Crippen LogP contribution < -0.4 is 5.32 Å². The number of ether oxygens (including phenoxy) is 2. The van der Waals surface area contributed by atoms with Crippen molar-refractivity contribution in [2.24, 2.45) is 0 Å². The molecule has 1 aromatic rings.